The summed E-state index contributed by atoms with van der Waals surface area (Å²) in [6, 6.07) is 27.3. The van der Waals surface area contributed by atoms with Gasteiger partial charge in [-0.05, 0) is 36.4 Å². The molecule has 0 atom stereocenters. The van der Waals surface area contributed by atoms with Crippen molar-refractivity contribution >= 4 is 53.9 Å². The van der Waals surface area contributed by atoms with Crippen molar-refractivity contribution in [2.45, 2.75) is 0 Å². The lowest BCUT2D eigenvalue weighted by Crippen LogP contribution is -1.94. The molecule has 2 heterocycles. The lowest BCUT2D eigenvalue weighted by atomic mass is 10.1. The van der Waals surface area contributed by atoms with Crippen LogP contribution in [-0.4, -0.2) is 4.98 Å². The van der Waals surface area contributed by atoms with Gasteiger partial charge in [0.1, 0.15) is 5.82 Å². The van der Waals surface area contributed by atoms with E-state index in [0.29, 0.717) is 0 Å². The van der Waals surface area contributed by atoms with Gasteiger partial charge >= 0.3 is 0 Å². The lowest BCUT2D eigenvalue weighted by molar-refractivity contribution is 1.38. The van der Waals surface area contributed by atoms with Crippen LogP contribution in [0.3, 0.4) is 0 Å². The highest BCUT2D eigenvalue weighted by Crippen LogP contribution is 2.38. The maximum atomic E-state index is 4.73. The van der Waals surface area contributed by atoms with Crippen LogP contribution in [0.25, 0.3) is 31.1 Å². The SMILES string of the molecule is c1ccc2nc(Nc3cccc4sc5ccccc5c34)ccc2c1. The number of nitrogens with zero attached hydrogens (tertiary/aromatic N) is 1. The number of benzene rings is 3. The molecular formula is C21H14N2S. The fourth-order valence-electron chi connectivity index (χ4n) is 3.15. The molecule has 2 nitrogen and oxygen atoms in total. The number of fused-ring (bicyclic) bond motifs is 4. The number of hydrogen-bond acceptors (Lipinski definition) is 3. The van der Waals surface area contributed by atoms with Crippen molar-refractivity contribution in [3.8, 4) is 0 Å². The van der Waals surface area contributed by atoms with Crippen molar-refractivity contribution in [3.63, 3.8) is 0 Å². The Morgan fingerprint density at radius 3 is 2.54 bits per heavy atom. The van der Waals surface area contributed by atoms with Crippen LogP contribution in [0, 0.1) is 0 Å². The van der Waals surface area contributed by atoms with Crippen LogP contribution in [-0.2, 0) is 0 Å². The third kappa shape index (κ3) is 2.14. The molecular weight excluding hydrogens is 312 g/mol. The average molecular weight is 326 g/mol. The number of aromatic nitrogens is 1. The molecule has 114 valence electrons. The van der Waals surface area contributed by atoms with E-state index in [2.05, 4.69) is 59.9 Å². The molecule has 3 aromatic carbocycles. The zero-order valence-corrected chi connectivity index (χ0v) is 13.7. The molecule has 0 aliphatic heterocycles. The summed E-state index contributed by atoms with van der Waals surface area (Å²) in [5, 5.41) is 7.23. The molecule has 3 heteroatoms. The summed E-state index contributed by atoms with van der Waals surface area (Å²) < 4.78 is 2.61. The Kier molecular flexibility index (Phi) is 3.00. The Bertz CT molecular complexity index is 1190. The maximum absolute atomic E-state index is 4.73. The van der Waals surface area contributed by atoms with E-state index in [1.165, 1.54) is 20.2 Å². The number of anilines is 2. The van der Waals surface area contributed by atoms with Gasteiger partial charge in [0.25, 0.3) is 0 Å². The van der Waals surface area contributed by atoms with Gasteiger partial charge in [0.15, 0.2) is 0 Å². The van der Waals surface area contributed by atoms with Gasteiger partial charge in [-0.3, -0.25) is 0 Å². The van der Waals surface area contributed by atoms with Gasteiger partial charge in [0, 0.05) is 31.2 Å². The van der Waals surface area contributed by atoms with Gasteiger partial charge in [-0.1, -0.05) is 42.5 Å². The molecule has 24 heavy (non-hydrogen) atoms. The molecule has 0 radical (unpaired) electrons. The largest absolute Gasteiger partial charge is 0.340 e. The first-order valence-corrected chi connectivity index (χ1v) is 8.73. The van der Waals surface area contributed by atoms with Crippen molar-refractivity contribution in [3.05, 3.63) is 78.9 Å². The Morgan fingerprint density at radius 2 is 1.54 bits per heavy atom. The summed E-state index contributed by atoms with van der Waals surface area (Å²) in [5.74, 6) is 0.872. The van der Waals surface area contributed by atoms with Gasteiger partial charge in [0.05, 0.1) is 5.52 Å². The zero-order valence-electron chi connectivity index (χ0n) is 12.9. The van der Waals surface area contributed by atoms with E-state index in [-0.39, 0.29) is 0 Å². The monoisotopic (exact) mass is 326 g/mol. The molecule has 0 bridgehead atoms. The van der Waals surface area contributed by atoms with Gasteiger partial charge in [-0.25, -0.2) is 4.98 Å². The number of hydrogen-bond donors (Lipinski definition) is 1. The van der Waals surface area contributed by atoms with E-state index < -0.39 is 0 Å². The molecule has 0 fully saturated rings. The first kappa shape index (κ1) is 13.5. The van der Waals surface area contributed by atoms with Crippen LogP contribution in [0.4, 0.5) is 11.5 Å². The van der Waals surface area contributed by atoms with Crippen LogP contribution in [0.1, 0.15) is 0 Å². The van der Waals surface area contributed by atoms with Gasteiger partial charge < -0.3 is 5.32 Å². The summed E-state index contributed by atoms with van der Waals surface area (Å²) >= 11 is 1.83. The van der Waals surface area contributed by atoms with E-state index in [1.807, 2.05) is 35.6 Å². The summed E-state index contributed by atoms with van der Waals surface area (Å²) in [4.78, 5) is 4.73. The molecule has 0 saturated carbocycles. The third-order valence-corrected chi connectivity index (χ3v) is 5.40. The second-order valence-electron chi connectivity index (χ2n) is 5.79. The third-order valence-electron chi connectivity index (χ3n) is 4.26. The second kappa shape index (κ2) is 5.32. The summed E-state index contributed by atoms with van der Waals surface area (Å²) in [7, 11) is 0. The van der Waals surface area contributed by atoms with Crippen molar-refractivity contribution < 1.29 is 0 Å². The van der Waals surface area contributed by atoms with Gasteiger partial charge in [0.2, 0.25) is 0 Å². The minimum absolute atomic E-state index is 0.872. The summed E-state index contributed by atoms with van der Waals surface area (Å²) in [5.41, 5.74) is 2.11. The average Bonchev–Trinajstić information content (AvgIpc) is 3.01. The topological polar surface area (TPSA) is 24.9 Å². The highest BCUT2D eigenvalue weighted by atomic mass is 32.1. The number of nitrogens with one attached hydrogen (secondary N) is 1. The number of thiophene rings is 1. The fourth-order valence-corrected chi connectivity index (χ4v) is 4.28. The molecule has 0 aliphatic rings. The second-order valence-corrected chi connectivity index (χ2v) is 6.87. The molecule has 2 aromatic heterocycles. The molecule has 1 N–H and O–H groups in total. The van der Waals surface area contributed by atoms with Crippen LogP contribution < -0.4 is 5.32 Å². The van der Waals surface area contributed by atoms with Crippen molar-refractivity contribution in [1.29, 1.82) is 0 Å². The minimum atomic E-state index is 0.872. The first-order chi connectivity index (χ1) is 11.9. The van der Waals surface area contributed by atoms with E-state index >= 15 is 0 Å². The lowest BCUT2D eigenvalue weighted by Gasteiger charge is -2.08. The first-order valence-electron chi connectivity index (χ1n) is 7.91. The van der Waals surface area contributed by atoms with Crippen molar-refractivity contribution in [2.24, 2.45) is 0 Å². The zero-order chi connectivity index (χ0) is 15.9. The van der Waals surface area contributed by atoms with Gasteiger partial charge in [-0.15, -0.1) is 11.3 Å². The Balaban J connectivity index is 1.68. The van der Waals surface area contributed by atoms with Crippen LogP contribution in [0.2, 0.25) is 0 Å². The Labute approximate surface area is 143 Å². The molecule has 5 aromatic rings. The standard InChI is InChI=1S/C21H14N2S/c1-3-8-16-14(6-1)12-13-20(22-16)23-17-9-5-11-19-21(17)15-7-2-4-10-18(15)24-19/h1-13H,(H,22,23). The van der Waals surface area contributed by atoms with Crippen LogP contribution in [0.15, 0.2) is 78.9 Å². The molecule has 0 aliphatic carbocycles. The predicted octanol–water partition coefficient (Wildman–Crippen LogP) is 6.35. The Morgan fingerprint density at radius 1 is 0.708 bits per heavy atom. The highest BCUT2D eigenvalue weighted by molar-refractivity contribution is 7.25. The highest BCUT2D eigenvalue weighted by Gasteiger charge is 2.09. The van der Waals surface area contributed by atoms with E-state index in [4.69, 9.17) is 4.98 Å². The van der Waals surface area contributed by atoms with E-state index in [9.17, 15) is 0 Å². The van der Waals surface area contributed by atoms with Crippen molar-refractivity contribution in [2.75, 3.05) is 5.32 Å². The van der Waals surface area contributed by atoms with Crippen molar-refractivity contribution in [1.82, 2.24) is 4.98 Å². The minimum Gasteiger partial charge on any atom is -0.340 e. The fraction of sp³-hybridized carbons (Fsp3) is 0. The van der Waals surface area contributed by atoms with Crippen LogP contribution in [0.5, 0.6) is 0 Å². The number of rotatable bonds is 2. The molecule has 0 unspecified atom stereocenters. The number of para-hydroxylation sites is 1. The molecule has 0 amide bonds. The van der Waals surface area contributed by atoms with E-state index in [1.54, 1.807) is 0 Å². The van der Waals surface area contributed by atoms with Gasteiger partial charge in [-0.2, -0.15) is 0 Å². The Hall–Kier alpha value is -2.91. The quantitative estimate of drug-likeness (QED) is 0.409. The van der Waals surface area contributed by atoms with E-state index in [0.717, 1.165) is 22.4 Å². The normalized spacial score (nSPS) is 11.3. The summed E-state index contributed by atoms with van der Waals surface area (Å²) in [6.07, 6.45) is 0. The smallest absolute Gasteiger partial charge is 0.131 e. The maximum Gasteiger partial charge on any atom is 0.131 e. The number of pyridine rings is 1. The molecule has 0 spiro atoms. The summed E-state index contributed by atoms with van der Waals surface area (Å²) in [6.45, 7) is 0. The van der Waals surface area contributed by atoms with Crippen LogP contribution >= 0.6 is 11.3 Å². The molecule has 0 saturated heterocycles. The predicted molar refractivity (Wildman–Crippen MR) is 104 cm³/mol. The molecule has 5 rings (SSSR count).